The summed E-state index contributed by atoms with van der Waals surface area (Å²) in [5.41, 5.74) is 4.15. The van der Waals surface area contributed by atoms with Crippen molar-refractivity contribution in [2.24, 2.45) is 0 Å². The lowest BCUT2D eigenvalue weighted by Gasteiger charge is -2.14. The van der Waals surface area contributed by atoms with Crippen LogP contribution in [0.4, 0.5) is 0 Å². The van der Waals surface area contributed by atoms with E-state index in [1.807, 2.05) is 54.6 Å². The molecule has 3 nitrogen and oxygen atoms in total. The lowest BCUT2D eigenvalue weighted by molar-refractivity contribution is 0.0690. The minimum absolute atomic E-state index is 0.221. The Labute approximate surface area is 158 Å². The van der Waals surface area contributed by atoms with Gasteiger partial charge in [0.15, 0.2) is 0 Å². The third kappa shape index (κ3) is 4.09. The largest absolute Gasteiger partial charge is 0.488 e. The summed E-state index contributed by atoms with van der Waals surface area (Å²) in [7, 11) is 0. The van der Waals surface area contributed by atoms with Crippen molar-refractivity contribution in [2.45, 2.75) is 13.0 Å². The van der Waals surface area contributed by atoms with Crippen molar-refractivity contribution < 1.29 is 14.6 Å². The molecule has 0 aromatic heterocycles. The highest BCUT2D eigenvalue weighted by molar-refractivity contribution is 7.80. The lowest BCUT2D eigenvalue weighted by atomic mass is 10.00. The second-order valence-corrected chi connectivity index (χ2v) is 6.33. The Morgan fingerprint density at radius 1 is 0.885 bits per heavy atom. The molecule has 3 aromatic carbocycles. The molecule has 0 fully saturated rings. The van der Waals surface area contributed by atoms with E-state index in [-0.39, 0.29) is 5.56 Å². The molecule has 1 N–H and O–H groups in total. The highest BCUT2D eigenvalue weighted by atomic mass is 32.1. The van der Waals surface area contributed by atoms with Crippen molar-refractivity contribution >= 4 is 18.6 Å². The molecule has 0 unspecified atom stereocenters. The van der Waals surface area contributed by atoms with Gasteiger partial charge in [0.25, 0.3) is 0 Å². The molecule has 0 aliphatic rings. The molecule has 3 rings (SSSR count). The SMILES string of the molecule is O=C(O)c1c(CCS)cccc1OCc1ccccc1-c1ccccc1. The van der Waals surface area contributed by atoms with Crippen LogP contribution >= 0.6 is 12.6 Å². The van der Waals surface area contributed by atoms with Gasteiger partial charge >= 0.3 is 5.97 Å². The Morgan fingerprint density at radius 3 is 2.31 bits per heavy atom. The van der Waals surface area contributed by atoms with E-state index < -0.39 is 5.97 Å². The molecule has 0 heterocycles. The predicted molar refractivity (Wildman–Crippen MR) is 107 cm³/mol. The molecule has 3 aromatic rings. The molecule has 0 atom stereocenters. The topological polar surface area (TPSA) is 46.5 Å². The lowest BCUT2D eigenvalue weighted by Crippen LogP contribution is -2.08. The van der Waals surface area contributed by atoms with Crippen molar-refractivity contribution in [3.05, 3.63) is 89.5 Å². The molecule has 0 bridgehead atoms. The van der Waals surface area contributed by atoms with Gasteiger partial charge in [0.2, 0.25) is 0 Å². The maximum atomic E-state index is 11.7. The molecule has 132 valence electrons. The van der Waals surface area contributed by atoms with Gasteiger partial charge in [-0.1, -0.05) is 66.7 Å². The van der Waals surface area contributed by atoms with Crippen LogP contribution in [0.25, 0.3) is 11.1 Å². The fraction of sp³-hybridized carbons (Fsp3) is 0.136. The van der Waals surface area contributed by atoms with Gasteiger partial charge < -0.3 is 9.84 Å². The smallest absolute Gasteiger partial charge is 0.339 e. The van der Waals surface area contributed by atoms with E-state index in [0.29, 0.717) is 24.5 Å². The number of aryl methyl sites for hydroxylation is 1. The zero-order chi connectivity index (χ0) is 18.4. The number of hydrogen-bond acceptors (Lipinski definition) is 3. The number of carboxylic acid groups (broad SMARTS) is 1. The number of carboxylic acids is 1. The minimum atomic E-state index is -0.978. The van der Waals surface area contributed by atoms with Gasteiger partial charge in [0.05, 0.1) is 0 Å². The van der Waals surface area contributed by atoms with Crippen LogP contribution in [0.15, 0.2) is 72.8 Å². The second kappa shape index (κ2) is 8.59. The van der Waals surface area contributed by atoms with Crippen LogP contribution in [0.5, 0.6) is 5.75 Å². The van der Waals surface area contributed by atoms with Crippen LogP contribution in [-0.2, 0) is 13.0 Å². The summed E-state index contributed by atoms with van der Waals surface area (Å²) >= 11 is 4.21. The maximum absolute atomic E-state index is 11.7. The minimum Gasteiger partial charge on any atom is -0.488 e. The normalized spacial score (nSPS) is 10.5. The fourth-order valence-corrected chi connectivity index (χ4v) is 3.21. The third-order valence-electron chi connectivity index (χ3n) is 4.19. The number of benzene rings is 3. The Hall–Kier alpha value is -2.72. The molecule has 0 radical (unpaired) electrons. The molecule has 0 amide bonds. The van der Waals surface area contributed by atoms with E-state index >= 15 is 0 Å². The number of ether oxygens (including phenoxy) is 1. The Bertz CT molecular complexity index is 891. The first-order valence-corrected chi connectivity index (χ1v) is 9.06. The number of thiol groups is 1. The molecular formula is C22H20O3S. The second-order valence-electron chi connectivity index (χ2n) is 5.88. The number of rotatable bonds is 7. The van der Waals surface area contributed by atoms with E-state index in [4.69, 9.17) is 4.74 Å². The van der Waals surface area contributed by atoms with E-state index in [9.17, 15) is 9.90 Å². The summed E-state index contributed by atoms with van der Waals surface area (Å²) in [6.45, 7) is 0.301. The monoisotopic (exact) mass is 364 g/mol. The van der Waals surface area contributed by atoms with Gasteiger partial charge in [-0.3, -0.25) is 0 Å². The molecule has 4 heteroatoms. The molecule has 0 aliphatic carbocycles. The van der Waals surface area contributed by atoms with Gasteiger partial charge in [-0.15, -0.1) is 0 Å². The maximum Gasteiger partial charge on any atom is 0.339 e. The summed E-state index contributed by atoms with van der Waals surface area (Å²) in [4.78, 5) is 11.7. The van der Waals surface area contributed by atoms with Gasteiger partial charge in [-0.2, -0.15) is 12.6 Å². The van der Waals surface area contributed by atoms with Crippen molar-refractivity contribution in [3.8, 4) is 16.9 Å². The first-order chi connectivity index (χ1) is 12.7. The predicted octanol–water partition coefficient (Wildman–Crippen LogP) is 5.10. The van der Waals surface area contributed by atoms with E-state index in [2.05, 4.69) is 24.8 Å². The summed E-state index contributed by atoms with van der Waals surface area (Å²) in [5.74, 6) is -0.00556. The van der Waals surface area contributed by atoms with E-state index in [0.717, 1.165) is 22.3 Å². The molecule has 0 spiro atoms. The molecular weight excluding hydrogens is 344 g/mol. The van der Waals surface area contributed by atoms with Crippen LogP contribution in [0.1, 0.15) is 21.5 Å². The zero-order valence-electron chi connectivity index (χ0n) is 14.3. The van der Waals surface area contributed by atoms with Crippen LogP contribution in [-0.4, -0.2) is 16.8 Å². The molecule has 0 saturated carbocycles. The first-order valence-electron chi connectivity index (χ1n) is 8.43. The Morgan fingerprint density at radius 2 is 1.58 bits per heavy atom. The van der Waals surface area contributed by atoms with Crippen molar-refractivity contribution in [1.29, 1.82) is 0 Å². The van der Waals surface area contributed by atoms with Gasteiger partial charge in [0.1, 0.15) is 17.9 Å². The average molecular weight is 364 g/mol. The van der Waals surface area contributed by atoms with Crippen molar-refractivity contribution in [2.75, 3.05) is 5.75 Å². The van der Waals surface area contributed by atoms with Gasteiger partial charge in [-0.25, -0.2) is 4.79 Å². The van der Waals surface area contributed by atoms with Crippen LogP contribution < -0.4 is 4.74 Å². The highest BCUT2D eigenvalue weighted by Gasteiger charge is 2.16. The Kier molecular flexibility index (Phi) is 5.97. The molecule has 0 saturated heterocycles. The van der Waals surface area contributed by atoms with E-state index in [1.54, 1.807) is 6.07 Å². The Balaban J connectivity index is 1.89. The average Bonchev–Trinajstić information content (AvgIpc) is 2.67. The van der Waals surface area contributed by atoms with E-state index in [1.165, 1.54) is 0 Å². The molecule has 0 aliphatic heterocycles. The van der Waals surface area contributed by atoms with Gasteiger partial charge in [0, 0.05) is 0 Å². The quantitative estimate of drug-likeness (QED) is 0.573. The first kappa shape index (κ1) is 18.1. The van der Waals surface area contributed by atoms with Crippen molar-refractivity contribution in [1.82, 2.24) is 0 Å². The fourth-order valence-electron chi connectivity index (χ4n) is 2.97. The van der Waals surface area contributed by atoms with Crippen LogP contribution in [0.3, 0.4) is 0 Å². The number of carbonyl (C=O) groups is 1. The summed E-state index contributed by atoms with van der Waals surface area (Å²) in [5, 5.41) is 9.60. The summed E-state index contributed by atoms with van der Waals surface area (Å²) in [6, 6.07) is 23.4. The van der Waals surface area contributed by atoms with Gasteiger partial charge in [-0.05, 0) is 40.5 Å². The number of hydrogen-bond donors (Lipinski definition) is 2. The van der Waals surface area contributed by atoms with Crippen LogP contribution in [0.2, 0.25) is 0 Å². The summed E-state index contributed by atoms with van der Waals surface area (Å²) < 4.78 is 5.93. The zero-order valence-corrected chi connectivity index (χ0v) is 15.2. The standard InChI is InChI=1S/C22H20O3S/c23-22(24)21-17(13-14-26)10-6-12-20(21)25-15-18-9-4-5-11-19(18)16-7-2-1-3-8-16/h1-12,26H,13-15H2,(H,23,24). The highest BCUT2D eigenvalue weighted by Crippen LogP contribution is 2.27. The third-order valence-corrected chi connectivity index (χ3v) is 4.42. The summed E-state index contributed by atoms with van der Waals surface area (Å²) in [6.07, 6.45) is 0.586. The van der Waals surface area contributed by atoms with Crippen LogP contribution in [0, 0.1) is 0 Å². The molecule has 26 heavy (non-hydrogen) atoms. The number of aromatic carboxylic acids is 1. The van der Waals surface area contributed by atoms with Crippen molar-refractivity contribution in [3.63, 3.8) is 0 Å².